The van der Waals surface area contributed by atoms with E-state index >= 15 is 0 Å². The number of hydrogen-bond donors (Lipinski definition) is 0. The normalized spacial score (nSPS) is 11.2. The van der Waals surface area contributed by atoms with Gasteiger partial charge in [0.15, 0.2) is 5.78 Å². The maximum absolute atomic E-state index is 12.4. The van der Waals surface area contributed by atoms with E-state index in [1.165, 1.54) is 0 Å². The monoisotopic (exact) mass is 386 g/mol. The van der Waals surface area contributed by atoms with E-state index in [9.17, 15) is 4.79 Å². The Morgan fingerprint density at radius 2 is 2.15 bits per heavy atom. The molecule has 2 heterocycles. The summed E-state index contributed by atoms with van der Waals surface area (Å²) in [5.74, 6) is 0.785. The molecule has 3 aromatic rings. The molecule has 0 bridgehead atoms. The van der Waals surface area contributed by atoms with Crippen molar-refractivity contribution in [1.82, 2.24) is 9.78 Å². The number of ketones is 1. The van der Waals surface area contributed by atoms with Crippen molar-refractivity contribution in [3.8, 4) is 5.75 Å². The fraction of sp³-hybridized carbons (Fsp3) is 0.200. The van der Waals surface area contributed by atoms with E-state index in [1.807, 2.05) is 44.2 Å². The molecule has 6 heteroatoms. The fourth-order valence-corrected chi connectivity index (χ4v) is 3.85. The zero-order valence-electron chi connectivity index (χ0n) is 14.8. The van der Waals surface area contributed by atoms with Crippen LogP contribution in [0.4, 0.5) is 0 Å². The first-order valence-corrected chi connectivity index (χ1v) is 9.30. The Hall–Kier alpha value is -2.37. The Kier molecular flexibility index (Phi) is 5.59. The first-order valence-electron chi connectivity index (χ1n) is 8.10. The van der Waals surface area contributed by atoms with Gasteiger partial charge in [-0.15, -0.1) is 11.3 Å². The van der Waals surface area contributed by atoms with Crippen LogP contribution >= 0.6 is 22.9 Å². The first kappa shape index (κ1) is 18.4. The van der Waals surface area contributed by atoms with Gasteiger partial charge >= 0.3 is 0 Å². The number of halogens is 1. The second-order valence-corrected chi connectivity index (χ2v) is 7.85. The van der Waals surface area contributed by atoms with Crippen LogP contribution in [0.25, 0.3) is 6.08 Å². The molecule has 0 fully saturated rings. The van der Waals surface area contributed by atoms with Gasteiger partial charge < -0.3 is 4.74 Å². The van der Waals surface area contributed by atoms with Crippen LogP contribution in [0.1, 0.15) is 31.2 Å². The summed E-state index contributed by atoms with van der Waals surface area (Å²) < 4.78 is 7.18. The third kappa shape index (κ3) is 4.23. The highest BCUT2D eigenvalue weighted by atomic mass is 35.5. The summed E-state index contributed by atoms with van der Waals surface area (Å²) >= 11 is 7.56. The van der Waals surface area contributed by atoms with E-state index in [-0.39, 0.29) is 5.78 Å². The van der Waals surface area contributed by atoms with Crippen molar-refractivity contribution in [2.45, 2.75) is 20.4 Å². The van der Waals surface area contributed by atoms with E-state index in [0.717, 1.165) is 32.2 Å². The number of nitrogens with zero attached hydrogens (tertiary/aromatic N) is 2. The largest absolute Gasteiger partial charge is 0.496 e. The van der Waals surface area contributed by atoms with Gasteiger partial charge in [-0.2, -0.15) is 5.10 Å². The molecule has 0 aliphatic carbocycles. The number of carbonyl (C=O) groups is 1. The topological polar surface area (TPSA) is 44.1 Å². The molecule has 4 nitrogen and oxygen atoms in total. The van der Waals surface area contributed by atoms with Crippen LogP contribution in [0, 0.1) is 13.8 Å². The number of rotatable bonds is 6. The maximum atomic E-state index is 12.4. The number of allylic oxidation sites excluding steroid dienone is 1. The third-order valence-corrected chi connectivity index (χ3v) is 5.13. The van der Waals surface area contributed by atoms with Gasteiger partial charge in [0, 0.05) is 27.1 Å². The molecule has 134 valence electrons. The lowest BCUT2D eigenvalue weighted by molar-refractivity contribution is 0.104. The van der Waals surface area contributed by atoms with Gasteiger partial charge in [-0.05, 0) is 43.7 Å². The van der Waals surface area contributed by atoms with Gasteiger partial charge in [-0.3, -0.25) is 9.48 Å². The van der Waals surface area contributed by atoms with Crippen LogP contribution in [-0.2, 0) is 6.54 Å². The molecule has 0 amide bonds. The van der Waals surface area contributed by atoms with Gasteiger partial charge in [0.05, 0.1) is 24.9 Å². The summed E-state index contributed by atoms with van der Waals surface area (Å²) in [7, 11) is 1.63. The highest BCUT2D eigenvalue weighted by molar-refractivity contribution is 7.12. The minimum Gasteiger partial charge on any atom is -0.496 e. The van der Waals surface area contributed by atoms with Gasteiger partial charge in [0.2, 0.25) is 0 Å². The minimum absolute atomic E-state index is 0.0167. The number of thiophene rings is 1. The Balaban J connectivity index is 1.82. The highest BCUT2D eigenvalue weighted by Crippen LogP contribution is 2.24. The lowest BCUT2D eigenvalue weighted by Crippen LogP contribution is -2.02. The molecule has 1 aromatic carbocycles. The summed E-state index contributed by atoms with van der Waals surface area (Å²) in [5, 5.41) is 4.79. The van der Waals surface area contributed by atoms with Crippen molar-refractivity contribution in [1.29, 1.82) is 0 Å². The molecule has 0 saturated heterocycles. The first-order chi connectivity index (χ1) is 12.5. The summed E-state index contributed by atoms with van der Waals surface area (Å²) in [6, 6.07) is 7.75. The zero-order valence-corrected chi connectivity index (χ0v) is 16.4. The van der Waals surface area contributed by atoms with E-state index in [4.69, 9.17) is 16.3 Å². The summed E-state index contributed by atoms with van der Waals surface area (Å²) in [5.41, 5.74) is 2.66. The SMILES string of the molecule is COc1ccc(/C=C/C(=O)c2cc(C)sc2C)cc1Cn1cc(Cl)cn1. The quantitative estimate of drug-likeness (QED) is 0.433. The molecular weight excluding hydrogens is 368 g/mol. The van der Waals surface area contributed by atoms with E-state index in [1.54, 1.807) is 41.6 Å². The predicted molar refractivity (Wildman–Crippen MR) is 106 cm³/mol. The summed E-state index contributed by atoms with van der Waals surface area (Å²) in [6.45, 7) is 4.52. The van der Waals surface area contributed by atoms with Crippen LogP contribution in [0.15, 0.2) is 42.7 Å². The molecule has 0 aliphatic heterocycles. The lowest BCUT2D eigenvalue weighted by Gasteiger charge is -2.09. The van der Waals surface area contributed by atoms with Crippen LogP contribution in [-0.4, -0.2) is 22.7 Å². The molecule has 0 radical (unpaired) electrons. The van der Waals surface area contributed by atoms with Crippen LogP contribution < -0.4 is 4.74 Å². The third-order valence-electron chi connectivity index (χ3n) is 3.97. The second-order valence-electron chi connectivity index (χ2n) is 5.95. The van der Waals surface area contributed by atoms with Crippen LogP contribution in [0.5, 0.6) is 5.75 Å². The van der Waals surface area contributed by atoms with Gasteiger partial charge in [0.1, 0.15) is 5.75 Å². The maximum Gasteiger partial charge on any atom is 0.186 e. The number of hydrogen-bond acceptors (Lipinski definition) is 4. The summed E-state index contributed by atoms with van der Waals surface area (Å²) in [4.78, 5) is 14.6. The average molecular weight is 387 g/mol. The fourth-order valence-electron chi connectivity index (χ4n) is 2.76. The van der Waals surface area contributed by atoms with E-state index < -0.39 is 0 Å². The molecule has 0 atom stereocenters. The number of ether oxygens (including phenoxy) is 1. The number of methoxy groups -OCH3 is 1. The van der Waals surface area contributed by atoms with Crippen molar-refractivity contribution in [3.63, 3.8) is 0 Å². The molecule has 2 aromatic heterocycles. The van der Waals surface area contributed by atoms with Gasteiger partial charge in [0.25, 0.3) is 0 Å². The molecule has 0 spiro atoms. The zero-order chi connectivity index (χ0) is 18.7. The molecule has 26 heavy (non-hydrogen) atoms. The standard InChI is InChI=1S/C20H19ClN2O2S/c1-13-8-18(14(2)26-13)19(24)6-4-15-5-7-20(25-3)16(9-15)11-23-12-17(21)10-22-23/h4-10,12H,11H2,1-3H3/b6-4+. The second kappa shape index (κ2) is 7.89. The Bertz CT molecular complexity index is 972. The summed E-state index contributed by atoms with van der Waals surface area (Å²) in [6.07, 6.45) is 6.80. The van der Waals surface area contributed by atoms with E-state index in [0.29, 0.717) is 11.6 Å². The van der Waals surface area contributed by atoms with Crippen molar-refractivity contribution in [2.24, 2.45) is 0 Å². The van der Waals surface area contributed by atoms with Crippen LogP contribution in [0.2, 0.25) is 5.02 Å². The molecular formula is C20H19ClN2O2S. The number of carbonyl (C=O) groups excluding carboxylic acids is 1. The predicted octanol–water partition coefficient (Wildman–Crippen LogP) is 5.17. The molecule has 0 N–H and O–H groups in total. The highest BCUT2D eigenvalue weighted by Gasteiger charge is 2.10. The average Bonchev–Trinajstić information content (AvgIpc) is 3.17. The number of benzene rings is 1. The lowest BCUT2D eigenvalue weighted by atomic mass is 10.1. The number of aryl methyl sites for hydroxylation is 2. The minimum atomic E-state index is 0.0167. The van der Waals surface area contributed by atoms with Crippen molar-refractivity contribution in [3.05, 3.63) is 74.2 Å². The van der Waals surface area contributed by atoms with Gasteiger partial charge in [-0.25, -0.2) is 0 Å². The van der Waals surface area contributed by atoms with Gasteiger partial charge in [-0.1, -0.05) is 23.7 Å². The smallest absolute Gasteiger partial charge is 0.186 e. The van der Waals surface area contributed by atoms with Crippen molar-refractivity contribution in [2.75, 3.05) is 7.11 Å². The van der Waals surface area contributed by atoms with Crippen LogP contribution in [0.3, 0.4) is 0 Å². The Morgan fingerprint density at radius 1 is 1.35 bits per heavy atom. The molecule has 0 saturated carbocycles. The Labute approximate surface area is 161 Å². The van der Waals surface area contributed by atoms with Crippen molar-refractivity contribution < 1.29 is 9.53 Å². The Morgan fingerprint density at radius 3 is 2.77 bits per heavy atom. The number of aromatic nitrogens is 2. The molecule has 3 rings (SSSR count). The van der Waals surface area contributed by atoms with E-state index in [2.05, 4.69) is 5.10 Å². The molecule has 0 aliphatic rings. The molecule has 0 unspecified atom stereocenters. The van der Waals surface area contributed by atoms with Crippen molar-refractivity contribution >= 4 is 34.8 Å².